The largest absolute Gasteiger partial charge is 0.392 e. The molecule has 0 saturated carbocycles. The molecule has 28 heavy (non-hydrogen) atoms. The quantitative estimate of drug-likeness (QED) is 0.526. The Labute approximate surface area is 164 Å². The van der Waals surface area contributed by atoms with E-state index in [2.05, 4.69) is 15.6 Å². The van der Waals surface area contributed by atoms with Gasteiger partial charge in [-0.3, -0.25) is 0 Å². The molecule has 150 valence electrons. The smallest absolute Gasteiger partial charge is 0.191 e. The number of hydrogen-bond acceptors (Lipinski definition) is 3. The van der Waals surface area contributed by atoms with E-state index in [1.807, 2.05) is 36.1 Å². The topological polar surface area (TPSA) is 59.9 Å². The van der Waals surface area contributed by atoms with Crippen molar-refractivity contribution in [3.63, 3.8) is 0 Å². The van der Waals surface area contributed by atoms with Crippen LogP contribution in [0, 0.1) is 11.6 Å². The SMILES string of the molecule is CCNC(=NCc1ccccc1CO)NC1CCN(c2ccc(F)cc2F)C1. The first-order chi connectivity index (χ1) is 13.6. The summed E-state index contributed by atoms with van der Waals surface area (Å²) < 4.78 is 27.2. The van der Waals surface area contributed by atoms with Crippen molar-refractivity contribution in [2.24, 2.45) is 4.99 Å². The molecule has 1 fully saturated rings. The number of aliphatic hydroxyl groups excluding tert-OH is 1. The summed E-state index contributed by atoms with van der Waals surface area (Å²) in [5, 5.41) is 16.1. The van der Waals surface area contributed by atoms with Crippen LogP contribution in [0.5, 0.6) is 0 Å². The number of aliphatic hydroxyl groups is 1. The Morgan fingerprint density at radius 1 is 1.21 bits per heavy atom. The summed E-state index contributed by atoms with van der Waals surface area (Å²) in [5.41, 5.74) is 2.26. The van der Waals surface area contributed by atoms with Crippen LogP contribution in [0.15, 0.2) is 47.5 Å². The summed E-state index contributed by atoms with van der Waals surface area (Å²) in [6.07, 6.45) is 0.828. The third kappa shape index (κ3) is 4.98. The van der Waals surface area contributed by atoms with Crippen LogP contribution in [-0.2, 0) is 13.2 Å². The molecule has 0 aliphatic carbocycles. The molecule has 5 nitrogen and oxygen atoms in total. The number of aliphatic imine (C=N–C) groups is 1. The van der Waals surface area contributed by atoms with Crippen LogP contribution in [0.4, 0.5) is 14.5 Å². The molecule has 0 amide bonds. The Morgan fingerprint density at radius 3 is 2.71 bits per heavy atom. The first kappa shape index (κ1) is 20.1. The zero-order valence-corrected chi connectivity index (χ0v) is 16.0. The van der Waals surface area contributed by atoms with Gasteiger partial charge in [-0.2, -0.15) is 0 Å². The van der Waals surface area contributed by atoms with Gasteiger partial charge in [-0.05, 0) is 36.6 Å². The van der Waals surface area contributed by atoms with Crippen LogP contribution in [0.3, 0.4) is 0 Å². The van der Waals surface area contributed by atoms with E-state index in [0.29, 0.717) is 31.3 Å². The number of anilines is 1. The minimum atomic E-state index is -0.570. The molecule has 7 heteroatoms. The van der Waals surface area contributed by atoms with Gasteiger partial charge in [0.25, 0.3) is 0 Å². The summed E-state index contributed by atoms with van der Waals surface area (Å²) in [7, 11) is 0. The average Bonchev–Trinajstić information content (AvgIpc) is 3.14. The zero-order chi connectivity index (χ0) is 19.9. The minimum Gasteiger partial charge on any atom is -0.392 e. The van der Waals surface area contributed by atoms with Gasteiger partial charge in [0.2, 0.25) is 0 Å². The molecule has 1 saturated heterocycles. The summed E-state index contributed by atoms with van der Waals surface area (Å²) in [5.74, 6) is -0.427. The third-order valence-corrected chi connectivity index (χ3v) is 4.82. The van der Waals surface area contributed by atoms with E-state index in [4.69, 9.17) is 0 Å². The Bertz CT molecular complexity index is 828. The Balaban J connectivity index is 1.64. The molecule has 1 unspecified atom stereocenters. The lowest BCUT2D eigenvalue weighted by atomic mass is 10.1. The lowest BCUT2D eigenvalue weighted by Gasteiger charge is -2.21. The number of benzene rings is 2. The molecular formula is C21H26F2N4O. The third-order valence-electron chi connectivity index (χ3n) is 4.82. The van der Waals surface area contributed by atoms with E-state index in [-0.39, 0.29) is 12.6 Å². The van der Waals surface area contributed by atoms with Crippen molar-refractivity contribution in [2.45, 2.75) is 32.5 Å². The molecular weight excluding hydrogens is 362 g/mol. The summed E-state index contributed by atoms with van der Waals surface area (Å²) in [6.45, 7) is 4.45. The van der Waals surface area contributed by atoms with Crippen molar-refractivity contribution in [2.75, 3.05) is 24.5 Å². The number of nitrogens with zero attached hydrogens (tertiary/aromatic N) is 2. The van der Waals surface area contributed by atoms with Gasteiger partial charge in [0, 0.05) is 31.7 Å². The van der Waals surface area contributed by atoms with Gasteiger partial charge >= 0.3 is 0 Å². The van der Waals surface area contributed by atoms with Crippen LogP contribution < -0.4 is 15.5 Å². The number of hydrogen-bond donors (Lipinski definition) is 3. The van der Waals surface area contributed by atoms with Gasteiger partial charge in [-0.15, -0.1) is 0 Å². The van der Waals surface area contributed by atoms with Gasteiger partial charge in [0.1, 0.15) is 11.6 Å². The van der Waals surface area contributed by atoms with Crippen LogP contribution in [0.2, 0.25) is 0 Å². The van der Waals surface area contributed by atoms with Gasteiger partial charge < -0.3 is 20.6 Å². The zero-order valence-electron chi connectivity index (χ0n) is 16.0. The molecule has 3 rings (SSSR count). The monoisotopic (exact) mass is 388 g/mol. The maximum Gasteiger partial charge on any atom is 0.191 e. The standard InChI is InChI=1S/C21H26F2N4O/c1-2-24-21(25-12-15-5-3-4-6-16(15)14-28)26-18-9-10-27(13-18)20-8-7-17(22)11-19(20)23/h3-8,11,18,28H,2,9-10,12-14H2,1H3,(H2,24,25,26). The fourth-order valence-electron chi connectivity index (χ4n) is 3.38. The summed E-state index contributed by atoms with van der Waals surface area (Å²) in [6, 6.07) is 11.4. The average molecular weight is 388 g/mol. The van der Waals surface area contributed by atoms with Crippen molar-refractivity contribution in [3.8, 4) is 0 Å². The van der Waals surface area contributed by atoms with Crippen LogP contribution in [0.1, 0.15) is 24.5 Å². The van der Waals surface area contributed by atoms with Crippen molar-refractivity contribution < 1.29 is 13.9 Å². The second-order valence-corrected chi connectivity index (χ2v) is 6.79. The second-order valence-electron chi connectivity index (χ2n) is 6.79. The highest BCUT2D eigenvalue weighted by Crippen LogP contribution is 2.24. The number of halogens is 2. The highest BCUT2D eigenvalue weighted by Gasteiger charge is 2.25. The molecule has 1 aliphatic rings. The van der Waals surface area contributed by atoms with Crippen LogP contribution in [-0.4, -0.2) is 36.7 Å². The van der Waals surface area contributed by atoms with Crippen molar-refractivity contribution in [1.82, 2.24) is 10.6 Å². The highest BCUT2D eigenvalue weighted by molar-refractivity contribution is 5.80. The molecule has 2 aromatic rings. The summed E-state index contributed by atoms with van der Waals surface area (Å²) >= 11 is 0. The second kappa shape index (κ2) is 9.50. The first-order valence-corrected chi connectivity index (χ1v) is 9.53. The Morgan fingerprint density at radius 2 is 2.00 bits per heavy atom. The molecule has 1 heterocycles. The predicted molar refractivity (Wildman–Crippen MR) is 107 cm³/mol. The maximum atomic E-state index is 14.0. The van der Waals surface area contributed by atoms with Crippen molar-refractivity contribution >= 4 is 11.6 Å². The number of rotatable bonds is 6. The Hall–Kier alpha value is -2.67. The lowest BCUT2D eigenvalue weighted by molar-refractivity contribution is 0.280. The normalized spacial score (nSPS) is 17.1. The van der Waals surface area contributed by atoms with E-state index in [1.54, 1.807) is 0 Å². The maximum absolute atomic E-state index is 14.0. The van der Waals surface area contributed by atoms with E-state index < -0.39 is 11.6 Å². The van der Waals surface area contributed by atoms with Gasteiger partial charge in [-0.25, -0.2) is 13.8 Å². The van der Waals surface area contributed by atoms with E-state index in [0.717, 1.165) is 30.2 Å². The van der Waals surface area contributed by atoms with E-state index in [9.17, 15) is 13.9 Å². The van der Waals surface area contributed by atoms with Gasteiger partial charge in [-0.1, -0.05) is 24.3 Å². The Kier molecular flexibility index (Phi) is 6.81. The van der Waals surface area contributed by atoms with Gasteiger partial charge in [0.05, 0.1) is 18.8 Å². The van der Waals surface area contributed by atoms with Crippen molar-refractivity contribution in [3.05, 3.63) is 65.2 Å². The fraction of sp³-hybridized carbons (Fsp3) is 0.381. The lowest BCUT2D eigenvalue weighted by Crippen LogP contribution is -2.44. The number of guanidine groups is 1. The van der Waals surface area contributed by atoms with E-state index >= 15 is 0 Å². The first-order valence-electron chi connectivity index (χ1n) is 9.53. The number of nitrogens with one attached hydrogen (secondary N) is 2. The van der Waals surface area contributed by atoms with Crippen LogP contribution in [0.25, 0.3) is 0 Å². The fourth-order valence-corrected chi connectivity index (χ4v) is 3.38. The summed E-state index contributed by atoms with van der Waals surface area (Å²) in [4.78, 5) is 6.54. The predicted octanol–water partition coefficient (Wildman–Crippen LogP) is 2.79. The molecule has 3 N–H and O–H groups in total. The van der Waals surface area contributed by atoms with Gasteiger partial charge in [0.15, 0.2) is 5.96 Å². The molecule has 0 radical (unpaired) electrons. The molecule has 1 aliphatic heterocycles. The van der Waals surface area contributed by atoms with E-state index in [1.165, 1.54) is 12.1 Å². The highest BCUT2D eigenvalue weighted by atomic mass is 19.1. The molecule has 1 atom stereocenters. The van der Waals surface area contributed by atoms with Crippen LogP contribution >= 0.6 is 0 Å². The van der Waals surface area contributed by atoms with Crippen molar-refractivity contribution in [1.29, 1.82) is 0 Å². The molecule has 2 aromatic carbocycles. The molecule has 0 bridgehead atoms. The molecule has 0 spiro atoms. The minimum absolute atomic E-state index is 0.0174. The molecule has 0 aromatic heterocycles.